The number of hydrogen-bond acceptors (Lipinski definition) is 6. The third kappa shape index (κ3) is 3.90. The van der Waals surface area contributed by atoms with E-state index in [9.17, 15) is 5.11 Å². The minimum Gasteiger partial charge on any atom is -0.390 e. The molecule has 0 aliphatic carbocycles. The van der Waals surface area contributed by atoms with E-state index in [4.69, 9.17) is 5.10 Å². The van der Waals surface area contributed by atoms with Crippen LogP contribution in [0.5, 0.6) is 0 Å². The second kappa shape index (κ2) is 8.08. The standard InChI is InChI=1S/C21H26N6O/c1-15-18(16(2)27(25-15)17-7-4-3-5-8-17)13-26-12-9-19(20(28)14-26)24-21-22-10-6-11-23-21/h3-8,10-11,19-20,28H,9,12-14H2,1-2H3,(H,22,23,24)/t19-,20-/m1/s1. The van der Waals surface area contributed by atoms with E-state index in [0.29, 0.717) is 12.5 Å². The number of rotatable bonds is 5. The Labute approximate surface area is 165 Å². The molecule has 0 unspecified atom stereocenters. The maximum atomic E-state index is 10.6. The first-order valence-electron chi connectivity index (χ1n) is 9.66. The van der Waals surface area contributed by atoms with Crippen molar-refractivity contribution < 1.29 is 5.11 Å². The Bertz CT molecular complexity index is 911. The zero-order chi connectivity index (χ0) is 19.5. The number of nitrogens with zero attached hydrogens (tertiary/aromatic N) is 5. The van der Waals surface area contributed by atoms with Crippen molar-refractivity contribution in [3.8, 4) is 5.69 Å². The van der Waals surface area contributed by atoms with Crippen molar-refractivity contribution in [3.63, 3.8) is 0 Å². The summed E-state index contributed by atoms with van der Waals surface area (Å²) in [5.74, 6) is 0.566. The molecule has 1 saturated heterocycles. The fourth-order valence-electron chi connectivity index (χ4n) is 3.80. The lowest BCUT2D eigenvalue weighted by Crippen LogP contribution is -2.49. The van der Waals surface area contributed by atoms with E-state index in [1.54, 1.807) is 18.5 Å². The molecule has 7 heteroatoms. The Kier molecular flexibility index (Phi) is 5.36. The van der Waals surface area contributed by atoms with E-state index in [0.717, 1.165) is 36.6 Å². The van der Waals surface area contributed by atoms with E-state index in [-0.39, 0.29) is 6.04 Å². The highest BCUT2D eigenvalue weighted by Crippen LogP contribution is 2.22. The number of anilines is 1. The lowest BCUT2D eigenvalue weighted by atomic mass is 10.0. The SMILES string of the molecule is Cc1nn(-c2ccccc2)c(C)c1CN1CC[C@@H](Nc2ncccn2)[C@H](O)C1. The second-order valence-electron chi connectivity index (χ2n) is 7.31. The Hall–Kier alpha value is -2.77. The van der Waals surface area contributed by atoms with Crippen molar-refractivity contribution in [2.24, 2.45) is 0 Å². The van der Waals surface area contributed by atoms with Crippen LogP contribution in [0.25, 0.3) is 5.69 Å². The molecule has 1 aliphatic rings. The molecule has 0 bridgehead atoms. The van der Waals surface area contributed by atoms with Gasteiger partial charge in [0.1, 0.15) is 0 Å². The largest absolute Gasteiger partial charge is 0.390 e. The van der Waals surface area contributed by atoms with Gasteiger partial charge in [-0.15, -0.1) is 0 Å². The van der Waals surface area contributed by atoms with Gasteiger partial charge in [0.25, 0.3) is 0 Å². The number of nitrogens with one attached hydrogen (secondary N) is 1. The van der Waals surface area contributed by atoms with Gasteiger partial charge in [-0.05, 0) is 38.5 Å². The molecule has 2 atom stereocenters. The molecule has 2 N–H and O–H groups in total. The molecular weight excluding hydrogens is 352 g/mol. The molecule has 2 aromatic heterocycles. The van der Waals surface area contributed by atoms with Crippen LogP contribution < -0.4 is 5.32 Å². The molecule has 0 amide bonds. The minimum absolute atomic E-state index is 0.0344. The van der Waals surface area contributed by atoms with Crippen LogP contribution in [-0.2, 0) is 6.54 Å². The van der Waals surface area contributed by atoms with Gasteiger partial charge in [0.2, 0.25) is 5.95 Å². The zero-order valence-electron chi connectivity index (χ0n) is 16.3. The monoisotopic (exact) mass is 378 g/mol. The number of piperidine rings is 1. The van der Waals surface area contributed by atoms with Crippen LogP contribution in [0.15, 0.2) is 48.8 Å². The summed E-state index contributed by atoms with van der Waals surface area (Å²) in [6, 6.07) is 11.9. The molecule has 1 aliphatic heterocycles. The van der Waals surface area contributed by atoms with Crippen molar-refractivity contribution in [1.29, 1.82) is 0 Å². The Morgan fingerprint density at radius 1 is 1.11 bits per heavy atom. The maximum Gasteiger partial charge on any atom is 0.222 e. The van der Waals surface area contributed by atoms with Crippen LogP contribution in [0.3, 0.4) is 0 Å². The molecular formula is C21H26N6O. The first kappa shape index (κ1) is 18.6. The molecule has 0 radical (unpaired) electrons. The average molecular weight is 378 g/mol. The summed E-state index contributed by atoms with van der Waals surface area (Å²) in [7, 11) is 0. The van der Waals surface area contributed by atoms with E-state index in [2.05, 4.69) is 46.2 Å². The van der Waals surface area contributed by atoms with Gasteiger partial charge in [-0.3, -0.25) is 4.90 Å². The first-order chi connectivity index (χ1) is 13.6. The predicted octanol–water partition coefficient (Wildman–Crippen LogP) is 2.33. The van der Waals surface area contributed by atoms with Gasteiger partial charge in [-0.25, -0.2) is 14.6 Å². The summed E-state index contributed by atoms with van der Waals surface area (Å²) >= 11 is 0. The van der Waals surface area contributed by atoms with Gasteiger partial charge < -0.3 is 10.4 Å². The highest BCUT2D eigenvalue weighted by atomic mass is 16.3. The average Bonchev–Trinajstić information content (AvgIpc) is 3.00. The van der Waals surface area contributed by atoms with Crippen LogP contribution in [0.4, 0.5) is 5.95 Å². The third-order valence-electron chi connectivity index (χ3n) is 5.37. The van der Waals surface area contributed by atoms with Gasteiger partial charge in [-0.1, -0.05) is 18.2 Å². The van der Waals surface area contributed by atoms with Crippen molar-refractivity contribution in [2.75, 3.05) is 18.4 Å². The van der Waals surface area contributed by atoms with Crippen LogP contribution in [0, 0.1) is 13.8 Å². The molecule has 1 aromatic carbocycles. The van der Waals surface area contributed by atoms with E-state index in [1.165, 1.54) is 5.56 Å². The maximum absolute atomic E-state index is 10.6. The quantitative estimate of drug-likeness (QED) is 0.709. The highest BCUT2D eigenvalue weighted by molar-refractivity contribution is 5.37. The van der Waals surface area contributed by atoms with E-state index < -0.39 is 6.10 Å². The van der Waals surface area contributed by atoms with E-state index >= 15 is 0 Å². The molecule has 0 spiro atoms. The number of β-amino-alcohol motifs (C(OH)–C–C–N with tert-alkyl or cyclic N) is 1. The van der Waals surface area contributed by atoms with Crippen LogP contribution in [0.2, 0.25) is 0 Å². The van der Waals surface area contributed by atoms with Crippen LogP contribution in [0.1, 0.15) is 23.4 Å². The summed E-state index contributed by atoms with van der Waals surface area (Å²) in [6.45, 7) is 6.46. The fourth-order valence-corrected chi connectivity index (χ4v) is 3.80. The zero-order valence-corrected chi connectivity index (χ0v) is 16.3. The van der Waals surface area contributed by atoms with Crippen molar-refractivity contribution in [2.45, 2.75) is 39.0 Å². The van der Waals surface area contributed by atoms with Gasteiger partial charge in [0.05, 0.1) is 23.5 Å². The number of benzene rings is 1. The van der Waals surface area contributed by atoms with Gasteiger partial charge in [0, 0.05) is 43.3 Å². The summed E-state index contributed by atoms with van der Waals surface area (Å²) in [5.41, 5.74) is 4.49. The first-order valence-corrected chi connectivity index (χ1v) is 9.66. The van der Waals surface area contributed by atoms with Crippen LogP contribution in [-0.4, -0.2) is 55.0 Å². The number of aliphatic hydroxyl groups excluding tert-OH is 1. The fraction of sp³-hybridized carbons (Fsp3) is 0.381. The molecule has 4 rings (SSSR count). The number of aromatic nitrogens is 4. The van der Waals surface area contributed by atoms with Gasteiger partial charge in [0.15, 0.2) is 0 Å². The summed E-state index contributed by atoms with van der Waals surface area (Å²) in [4.78, 5) is 10.7. The number of aliphatic hydroxyl groups is 1. The normalized spacial score (nSPS) is 20.2. The molecule has 3 aromatic rings. The smallest absolute Gasteiger partial charge is 0.222 e. The summed E-state index contributed by atoms with van der Waals surface area (Å²) < 4.78 is 2.00. The topological polar surface area (TPSA) is 79.1 Å². The Morgan fingerprint density at radius 3 is 2.57 bits per heavy atom. The number of hydrogen-bond donors (Lipinski definition) is 2. The molecule has 28 heavy (non-hydrogen) atoms. The van der Waals surface area contributed by atoms with Crippen molar-refractivity contribution in [3.05, 3.63) is 65.7 Å². The molecule has 0 saturated carbocycles. The number of para-hydroxylation sites is 1. The minimum atomic E-state index is -0.470. The van der Waals surface area contributed by atoms with Gasteiger partial charge >= 0.3 is 0 Å². The lowest BCUT2D eigenvalue weighted by molar-refractivity contribution is 0.0557. The lowest BCUT2D eigenvalue weighted by Gasteiger charge is -2.36. The molecule has 1 fully saturated rings. The molecule has 3 heterocycles. The number of likely N-dealkylation sites (tertiary alicyclic amines) is 1. The second-order valence-corrected chi connectivity index (χ2v) is 7.31. The Morgan fingerprint density at radius 2 is 1.86 bits per heavy atom. The molecule has 146 valence electrons. The third-order valence-corrected chi connectivity index (χ3v) is 5.37. The van der Waals surface area contributed by atoms with Crippen LogP contribution >= 0.6 is 0 Å². The highest BCUT2D eigenvalue weighted by Gasteiger charge is 2.29. The summed E-state index contributed by atoms with van der Waals surface area (Å²) in [6.07, 6.45) is 3.77. The summed E-state index contributed by atoms with van der Waals surface area (Å²) in [5, 5.41) is 18.6. The van der Waals surface area contributed by atoms with Crippen molar-refractivity contribution >= 4 is 5.95 Å². The Balaban J connectivity index is 1.43. The van der Waals surface area contributed by atoms with Gasteiger partial charge in [-0.2, -0.15) is 5.10 Å². The predicted molar refractivity (Wildman–Crippen MR) is 108 cm³/mol. The van der Waals surface area contributed by atoms with Crippen molar-refractivity contribution in [1.82, 2.24) is 24.6 Å². The molecule has 7 nitrogen and oxygen atoms in total. The number of aryl methyl sites for hydroxylation is 1. The van der Waals surface area contributed by atoms with E-state index in [1.807, 2.05) is 22.9 Å².